The molecule has 3 aromatic rings. The van der Waals surface area contributed by atoms with Crippen molar-refractivity contribution in [3.05, 3.63) is 58.2 Å². The molecule has 3 nitrogen and oxygen atoms in total. The van der Waals surface area contributed by atoms with Crippen LogP contribution in [0.1, 0.15) is 0 Å². The molecule has 0 spiro atoms. The van der Waals surface area contributed by atoms with Gasteiger partial charge in [-0.1, -0.05) is 27.5 Å². The molecular formula is C16H13BrClNO2. The standard InChI is InChI=1S/C16H13BrClNO2/c17-12-1-4-16(14(18)10-12)21-8-7-20-13-2-3-15-11(9-13)5-6-19-15/h1-6,9-10,19H,7-8H2. The van der Waals surface area contributed by atoms with E-state index in [1.807, 2.05) is 42.6 Å². The number of halogens is 2. The molecule has 0 saturated carbocycles. The zero-order valence-electron chi connectivity index (χ0n) is 11.1. The van der Waals surface area contributed by atoms with E-state index < -0.39 is 0 Å². The van der Waals surface area contributed by atoms with Crippen LogP contribution in [-0.4, -0.2) is 18.2 Å². The first-order valence-corrected chi connectivity index (χ1v) is 7.67. The normalized spacial score (nSPS) is 10.8. The van der Waals surface area contributed by atoms with Gasteiger partial charge in [0.15, 0.2) is 0 Å². The summed E-state index contributed by atoms with van der Waals surface area (Å²) in [6.45, 7) is 0.898. The molecular weight excluding hydrogens is 354 g/mol. The molecule has 0 bridgehead atoms. The summed E-state index contributed by atoms with van der Waals surface area (Å²) in [5.41, 5.74) is 1.10. The van der Waals surface area contributed by atoms with E-state index in [2.05, 4.69) is 20.9 Å². The van der Waals surface area contributed by atoms with Crippen molar-refractivity contribution in [2.24, 2.45) is 0 Å². The number of aromatic nitrogens is 1. The molecule has 3 rings (SSSR count). The van der Waals surface area contributed by atoms with Gasteiger partial charge in [-0.2, -0.15) is 0 Å². The predicted molar refractivity (Wildman–Crippen MR) is 88.4 cm³/mol. The fraction of sp³-hybridized carbons (Fsp3) is 0.125. The lowest BCUT2D eigenvalue weighted by Gasteiger charge is -2.10. The van der Waals surface area contributed by atoms with Crippen molar-refractivity contribution in [2.75, 3.05) is 13.2 Å². The van der Waals surface area contributed by atoms with Crippen molar-refractivity contribution in [1.29, 1.82) is 0 Å². The van der Waals surface area contributed by atoms with Crippen LogP contribution in [-0.2, 0) is 0 Å². The van der Waals surface area contributed by atoms with Crippen LogP contribution in [0.3, 0.4) is 0 Å². The van der Waals surface area contributed by atoms with Gasteiger partial charge in [-0.15, -0.1) is 0 Å². The average Bonchev–Trinajstić information content (AvgIpc) is 2.93. The molecule has 0 aliphatic carbocycles. The number of hydrogen-bond donors (Lipinski definition) is 1. The monoisotopic (exact) mass is 365 g/mol. The van der Waals surface area contributed by atoms with E-state index in [-0.39, 0.29) is 0 Å². The zero-order chi connectivity index (χ0) is 14.7. The number of fused-ring (bicyclic) bond motifs is 1. The molecule has 1 heterocycles. The highest BCUT2D eigenvalue weighted by molar-refractivity contribution is 9.10. The summed E-state index contributed by atoms with van der Waals surface area (Å²) in [5, 5.41) is 1.71. The molecule has 2 aromatic carbocycles. The van der Waals surface area contributed by atoms with Crippen molar-refractivity contribution in [2.45, 2.75) is 0 Å². The first-order chi connectivity index (χ1) is 10.2. The minimum absolute atomic E-state index is 0.437. The summed E-state index contributed by atoms with van der Waals surface area (Å²) in [6, 6.07) is 13.5. The van der Waals surface area contributed by atoms with Gasteiger partial charge in [-0.05, 0) is 42.5 Å². The van der Waals surface area contributed by atoms with E-state index >= 15 is 0 Å². The molecule has 108 valence electrons. The summed E-state index contributed by atoms with van der Waals surface area (Å²) in [5.74, 6) is 1.48. The number of hydrogen-bond acceptors (Lipinski definition) is 2. The highest BCUT2D eigenvalue weighted by atomic mass is 79.9. The second-order valence-electron chi connectivity index (χ2n) is 4.50. The molecule has 0 radical (unpaired) electrons. The Morgan fingerprint density at radius 3 is 2.71 bits per heavy atom. The molecule has 1 N–H and O–H groups in total. The van der Waals surface area contributed by atoms with Crippen molar-refractivity contribution < 1.29 is 9.47 Å². The van der Waals surface area contributed by atoms with Gasteiger partial charge < -0.3 is 14.5 Å². The molecule has 0 amide bonds. The van der Waals surface area contributed by atoms with Crippen molar-refractivity contribution >= 4 is 38.4 Å². The molecule has 0 atom stereocenters. The van der Waals surface area contributed by atoms with Crippen LogP contribution in [0, 0.1) is 0 Å². The first-order valence-electron chi connectivity index (χ1n) is 6.50. The lowest BCUT2D eigenvalue weighted by atomic mass is 10.2. The third kappa shape index (κ3) is 3.52. The molecule has 1 aromatic heterocycles. The van der Waals surface area contributed by atoms with E-state index in [9.17, 15) is 0 Å². The maximum atomic E-state index is 6.08. The summed E-state index contributed by atoms with van der Waals surface area (Å²) >= 11 is 9.44. The number of benzene rings is 2. The third-order valence-corrected chi connectivity index (χ3v) is 3.82. The van der Waals surface area contributed by atoms with E-state index in [4.69, 9.17) is 21.1 Å². The van der Waals surface area contributed by atoms with E-state index in [0.717, 1.165) is 21.1 Å². The molecule has 0 aliphatic heterocycles. The number of aromatic amines is 1. The van der Waals surface area contributed by atoms with Crippen LogP contribution < -0.4 is 9.47 Å². The Hall–Kier alpha value is -1.65. The minimum atomic E-state index is 0.437. The van der Waals surface area contributed by atoms with Gasteiger partial charge in [-0.25, -0.2) is 0 Å². The summed E-state index contributed by atoms with van der Waals surface area (Å²) in [4.78, 5) is 3.15. The second kappa shape index (κ2) is 6.41. The molecule has 0 unspecified atom stereocenters. The van der Waals surface area contributed by atoms with E-state index in [1.165, 1.54) is 0 Å². The van der Waals surface area contributed by atoms with Crippen molar-refractivity contribution in [1.82, 2.24) is 4.98 Å². The van der Waals surface area contributed by atoms with Gasteiger partial charge in [0.25, 0.3) is 0 Å². The third-order valence-electron chi connectivity index (χ3n) is 3.03. The van der Waals surface area contributed by atoms with Crippen LogP contribution in [0.25, 0.3) is 10.9 Å². The van der Waals surface area contributed by atoms with Gasteiger partial charge in [-0.3, -0.25) is 0 Å². The lowest BCUT2D eigenvalue weighted by Crippen LogP contribution is -2.09. The number of rotatable bonds is 5. The quantitative estimate of drug-likeness (QED) is 0.642. The maximum Gasteiger partial charge on any atom is 0.138 e. The highest BCUT2D eigenvalue weighted by Gasteiger charge is 2.02. The Morgan fingerprint density at radius 1 is 1.00 bits per heavy atom. The first kappa shape index (κ1) is 14.3. The SMILES string of the molecule is Clc1cc(Br)ccc1OCCOc1ccc2[nH]ccc2c1. The molecule has 5 heteroatoms. The van der Waals surface area contributed by atoms with Gasteiger partial charge in [0.1, 0.15) is 24.7 Å². The fourth-order valence-electron chi connectivity index (χ4n) is 2.02. The summed E-state index contributed by atoms with van der Waals surface area (Å²) in [6.07, 6.45) is 1.91. The van der Waals surface area contributed by atoms with Gasteiger partial charge in [0, 0.05) is 21.6 Å². The minimum Gasteiger partial charge on any atom is -0.490 e. The molecule has 0 saturated heterocycles. The molecule has 0 fully saturated rings. The highest BCUT2D eigenvalue weighted by Crippen LogP contribution is 2.27. The van der Waals surface area contributed by atoms with Gasteiger partial charge in [0.05, 0.1) is 5.02 Å². The number of ether oxygens (including phenoxy) is 2. The fourth-order valence-corrected chi connectivity index (χ4v) is 2.75. The van der Waals surface area contributed by atoms with Crippen LogP contribution in [0.2, 0.25) is 5.02 Å². The van der Waals surface area contributed by atoms with Crippen LogP contribution in [0.15, 0.2) is 53.1 Å². The Balaban J connectivity index is 1.53. The Kier molecular flexibility index (Phi) is 4.36. The molecule has 21 heavy (non-hydrogen) atoms. The maximum absolute atomic E-state index is 6.08. The van der Waals surface area contributed by atoms with E-state index in [1.54, 1.807) is 6.07 Å². The largest absolute Gasteiger partial charge is 0.490 e. The Morgan fingerprint density at radius 2 is 1.86 bits per heavy atom. The van der Waals surface area contributed by atoms with Gasteiger partial charge in [0.2, 0.25) is 0 Å². The van der Waals surface area contributed by atoms with Gasteiger partial charge >= 0.3 is 0 Å². The van der Waals surface area contributed by atoms with E-state index in [0.29, 0.717) is 24.0 Å². The van der Waals surface area contributed by atoms with Crippen molar-refractivity contribution in [3.8, 4) is 11.5 Å². The number of H-pyrrole nitrogens is 1. The molecule has 0 aliphatic rings. The van der Waals surface area contributed by atoms with Crippen LogP contribution in [0.5, 0.6) is 11.5 Å². The van der Waals surface area contributed by atoms with Crippen LogP contribution >= 0.6 is 27.5 Å². The summed E-state index contributed by atoms with van der Waals surface area (Å²) in [7, 11) is 0. The predicted octanol–water partition coefficient (Wildman–Crippen LogP) is 5.04. The zero-order valence-corrected chi connectivity index (χ0v) is 13.4. The Labute approximate surface area is 136 Å². The second-order valence-corrected chi connectivity index (χ2v) is 5.82. The van der Waals surface area contributed by atoms with Crippen molar-refractivity contribution in [3.63, 3.8) is 0 Å². The average molecular weight is 367 g/mol. The van der Waals surface area contributed by atoms with Crippen LogP contribution in [0.4, 0.5) is 0 Å². The smallest absolute Gasteiger partial charge is 0.138 e. The summed E-state index contributed by atoms with van der Waals surface area (Å²) < 4.78 is 12.2. The topological polar surface area (TPSA) is 34.2 Å². The number of nitrogens with one attached hydrogen (secondary N) is 1. The Bertz CT molecular complexity index is 757. The lowest BCUT2D eigenvalue weighted by molar-refractivity contribution is 0.217.